The van der Waals surface area contributed by atoms with E-state index in [1.54, 1.807) is 7.11 Å². The highest BCUT2D eigenvalue weighted by molar-refractivity contribution is 6.05. The SMILES string of the molecule is CCN(CCCC(=O)CCCCCCC(=O)ON1C(=O)CCC1=O)c1cc(OC)c(-c2c3ccc(=[N+](C)C)cc-3oc3cc(N(C)C)ccc23)cc1N(C)C. The number of benzene rings is 3. The fourth-order valence-corrected chi connectivity index (χ4v) is 7.04. The van der Waals surface area contributed by atoms with Gasteiger partial charge in [-0.15, -0.1) is 5.06 Å². The quantitative estimate of drug-likeness (QED) is 0.0483. The van der Waals surface area contributed by atoms with E-state index in [2.05, 4.69) is 74.7 Å². The number of anilines is 3. The minimum atomic E-state index is -0.583. The maximum atomic E-state index is 12.8. The minimum absolute atomic E-state index is 0.0776. The number of carbonyl (C=O) groups is 4. The molecule has 2 aliphatic heterocycles. The molecule has 2 aromatic rings. The molecule has 294 valence electrons. The van der Waals surface area contributed by atoms with Crippen LogP contribution >= 0.6 is 0 Å². The Balaban J connectivity index is 1.28. The van der Waals surface area contributed by atoms with Crippen molar-refractivity contribution in [2.45, 2.75) is 71.1 Å². The molecule has 0 atom stereocenters. The Morgan fingerprint density at radius 2 is 1.49 bits per heavy atom. The van der Waals surface area contributed by atoms with Crippen molar-refractivity contribution >= 4 is 51.6 Å². The molecular formula is C43H56N5O7+. The molecule has 2 amide bonds. The van der Waals surface area contributed by atoms with Crippen molar-refractivity contribution in [2.75, 3.05) is 77.2 Å². The third-order valence-corrected chi connectivity index (χ3v) is 10.2. The smallest absolute Gasteiger partial charge is 0.333 e. The maximum absolute atomic E-state index is 12.8. The van der Waals surface area contributed by atoms with Gasteiger partial charge in [0.15, 0.2) is 0 Å². The molecule has 1 saturated heterocycles. The molecule has 12 heteroatoms. The molecule has 5 rings (SSSR count). The summed E-state index contributed by atoms with van der Waals surface area (Å²) in [5, 5.41) is 2.62. The van der Waals surface area contributed by atoms with Crippen molar-refractivity contribution in [3.63, 3.8) is 0 Å². The number of ketones is 1. The number of amides is 2. The molecule has 0 saturated carbocycles. The normalized spacial score (nSPS) is 12.8. The number of Topliss-reactive ketones (excluding diaryl/α,β-unsaturated/α-hetero) is 1. The monoisotopic (exact) mass is 754 g/mol. The standard InChI is InChI=1S/C43H56N5O7/c1-9-47(24-14-16-31(49)15-12-10-11-13-17-42(52)55-48-40(50)22-23-41(48)51)36-28-37(53-8)34(27-35(36)46(6)7)43-32-20-18-29(44(2)3)25-38(32)54-39-26-30(45(4)5)19-21-33(39)43/h18-21,25-28H,9-17,22-24H2,1-8H3/q+1. The van der Waals surface area contributed by atoms with E-state index in [0.717, 1.165) is 93.8 Å². The summed E-state index contributed by atoms with van der Waals surface area (Å²) in [4.78, 5) is 59.5. The Labute approximate surface area is 324 Å². The number of hydrogen-bond acceptors (Lipinski definition) is 10. The molecule has 1 fully saturated rings. The van der Waals surface area contributed by atoms with E-state index in [1.165, 1.54) is 0 Å². The predicted molar refractivity (Wildman–Crippen MR) is 218 cm³/mol. The molecule has 0 spiro atoms. The van der Waals surface area contributed by atoms with Crippen LogP contribution in [0.15, 0.2) is 52.9 Å². The lowest BCUT2D eigenvalue weighted by Crippen LogP contribution is -2.31. The zero-order chi connectivity index (χ0) is 39.8. The van der Waals surface area contributed by atoms with Crippen LogP contribution in [0.1, 0.15) is 71.1 Å². The molecule has 0 radical (unpaired) electrons. The summed E-state index contributed by atoms with van der Waals surface area (Å²) in [6, 6.07) is 17.0. The van der Waals surface area contributed by atoms with E-state index < -0.39 is 17.8 Å². The van der Waals surface area contributed by atoms with E-state index in [9.17, 15) is 19.2 Å². The van der Waals surface area contributed by atoms with Gasteiger partial charge in [0.25, 0.3) is 11.8 Å². The summed E-state index contributed by atoms with van der Waals surface area (Å²) in [5.41, 5.74) is 6.93. The number of fused-ring (bicyclic) bond motifs is 2. The van der Waals surface area contributed by atoms with Gasteiger partial charge in [-0.25, -0.2) is 9.37 Å². The third-order valence-electron chi connectivity index (χ3n) is 10.2. The molecule has 0 N–H and O–H groups in total. The average molecular weight is 755 g/mol. The number of ether oxygens (including phenoxy) is 1. The van der Waals surface area contributed by atoms with E-state index in [4.69, 9.17) is 14.0 Å². The number of carbonyl (C=O) groups excluding carboxylic acids is 4. The molecular weight excluding hydrogens is 699 g/mol. The summed E-state index contributed by atoms with van der Waals surface area (Å²) >= 11 is 0. The second kappa shape index (κ2) is 18.3. The number of unbranched alkanes of at least 4 members (excludes halogenated alkanes) is 3. The largest absolute Gasteiger partial charge is 0.496 e. The summed E-state index contributed by atoms with van der Waals surface area (Å²) < 4.78 is 14.8. The summed E-state index contributed by atoms with van der Waals surface area (Å²) in [7, 11) is 13.9. The molecule has 0 aromatic heterocycles. The molecule has 1 aliphatic carbocycles. The first-order valence-corrected chi connectivity index (χ1v) is 19.2. The zero-order valence-corrected chi connectivity index (χ0v) is 33.7. The van der Waals surface area contributed by atoms with E-state index in [0.29, 0.717) is 30.9 Å². The molecule has 12 nitrogen and oxygen atoms in total. The number of imide groups is 1. The van der Waals surface area contributed by atoms with Crippen LogP contribution in [0.4, 0.5) is 17.1 Å². The van der Waals surface area contributed by atoms with Gasteiger partial charge in [-0.2, -0.15) is 0 Å². The van der Waals surface area contributed by atoms with Crippen molar-refractivity contribution in [2.24, 2.45) is 0 Å². The molecule has 2 aromatic carbocycles. The summed E-state index contributed by atoms with van der Waals surface area (Å²) in [6.45, 7) is 3.60. The Bertz CT molecular complexity index is 2070. The van der Waals surface area contributed by atoms with Crippen LogP contribution in [0.5, 0.6) is 5.75 Å². The molecule has 0 bridgehead atoms. The Kier molecular flexibility index (Phi) is 13.6. The third kappa shape index (κ3) is 9.65. The van der Waals surface area contributed by atoms with Gasteiger partial charge in [-0.3, -0.25) is 14.4 Å². The predicted octanol–water partition coefficient (Wildman–Crippen LogP) is 6.50. The lowest BCUT2D eigenvalue weighted by molar-refractivity contribution is -0.197. The Morgan fingerprint density at radius 3 is 2.13 bits per heavy atom. The van der Waals surface area contributed by atoms with Crippen LogP contribution < -0.4 is 29.4 Å². The van der Waals surface area contributed by atoms with Gasteiger partial charge >= 0.3 is 5.97 Å². The van der Waals surface area contributed by atoms with Gasteiger partial charge in [0, 0.05) is 119 Å². The minimum Gasteiger partial charge on any atom is -0.496 e. The van der Waals surface area contributed by atoms with Crippen molar-refractivity contribution < 1.29 is 33.2 Å². The summed E-state index contributed by atoms with van der Waals surface area (Å²) in [6.07, 6.45) is 4.89. The number of hydrogen-bond donors (Lipinski definition) is 0. The van der Waals surface area contributed by atoms with Crippen LogP contribution in [0.3, 0.4) is 0 Å². The fourth-order valence-electron chi connectivity index (χ4n) is 7.04. The van der Waals surface area contributed by atoms with Crippen molar-refractivity contribution in [1.29, 1.82) is 0 Å². The van der Waals surface area contributed by atoms with Crippen LogP contribution in [0.2, 0.25) is 0 Å². The van der Waals surface area contributed by atoms with Crippen LogP contribution in [-0.2, 0) is 24.0 Å². The van der Waals surface area contributed by atoms with Gasteiger partial charge in [-0.05, 0) is 50.5 Å². The number of nitrogens with zero attached hydrogens (tertiary/aromatic N) is 5. The van der Waals surface area contributed by atoms with Crippen molar-refractivity contribution in [3.8, 4) is 28.2 Å². The Morgan fingerprint density at radius 1 is 0.800 bits per heavy atom. The highest BCUT2D eigenvalue weighted by Crippen LogP contribution is 2.47. The van der Waals surface area contributed by atoms with E-state index in [-0.39, 0.29) is 25.0 Å². The van der Waals surface area contributed by atoms with Gasteiger partial charge in [0.2, 0.25) is 5.36 Å². The molecule has 3 aliphatic rings. The van der Waals surface area contributed by atoms with Gasteiger partial charge < -0.3 is 28.7 Å². The zero-order valence-electron chi connectivity index (χ0n) is 33.7. The summed E-state index contributed by atoms with van der Waals surface area (Å²) in [5.74, 6) is 0.233. The van der Waals surface area contributed by atoms with E-state index >= 15 is 0 Å². The Hall–Kier alpha value is -5.39. The first-order chi connectivity index (χ1) is 26.3. The van der Waals surface area contributed by atoms with Crippen molar-refractivity contribution in [3.05, 3.63) is 53.9 Å². The average Bonchev–Trinajstić information content (AvgIpc) is 3.47. The van der Waals surface area contributed by atoms with E-state index in [1.807, 2.05) is 42.3 Å². The van der Waals surface area contributed by atoms with Crippen LogP contribution in [-0.4, -0.2) is 91.1 Å². The molecule has 0 unspecified atom stereocenters. The second-order valence-electron chi connectivity index (χ2n) is 14.7. The van der Waals surface area contributed by atoms with Gasteiger partial charge in [0.05, 0.1) is 24.6 Å². The van der Waals surface area contributed by atoms with Crippen LogP contribution in [0, 0.1) is 0 Å². The maximum Gasteiger partial charge on any atom is 0.333 e. The highest BCUT2D eigenvalue weighted by atomic mass is 16.7. The number of rotatable bonds is 18. The second-order valence-corrected chi connectivity index (χ2v) is 14.7. The number of methoxy groups -OCH3 is 1. The fraction of sp³-hybridized carbons (Fsp3) is 0.465. The van der Waals surface area contributed by atoms with Gasteiger partial charge in [-0.1, -0.05) is 12.8 Å². The molecule has 55 heavy (non-hydrogen) atoms. The number of hydroxylamine groups is 2. The van der Waals surface area contributed by atoms with Crippen LogP contribution in [0.25, 0.3) is 33.4 Å². The topological polar surface area (TPSA) is 116 Å². The lowest BCUT2D eigenvalue weighted by Gasteiger charge is -2.30. The highest BCUT2D eigenvalue weighted by Gasteiger charge is 2.32. The first kappa shape index (κ1) is 40.8. The van der Waals surface area contributed by atoms with Gasteiger partial charge in [0.1, 0.15) is 37.0 Å². The molecule has 2 heterocycles. The lowest BCUT2D eigenvalue weighted by atomic mass is 9.92. The van der Waals surface area contributed by atoms with Crippen molar-refractivity contribution in [1.82, 2.24) is 9.64 Å². The first-order valence-electron chi connectivity index (χ1n) is 19.2.